The van der Waals surface area contributed by atoms with Gasteiger partial charge in [0.15, 0.2) is 5.96 Å². The minimum absolute atomic E-state index is 0. The molecule has 13 nitrogen and oxygen atoms in total. The van der Waals surface area contributed by atoms with Crippen molar-refractivity contribution in [2.75, 3.05) is 11.9 Å². The minimum Gasteiger partial charge on any atom is -0.370 e. The summed E-state index contributed by atoms with van der Waals surface area (Å²) in [6.07, 6.45) is 0.590. The van der Waals surface area contributed by atoms with Crippen LogP contribution in [-0.4, -0.2) is 53.3 Å². The summed E-state index contributed by atoms with van der Waals surface area (Å²) in [5.74, 6) is -1.73. The lowest BCUT2D eigenvalue weighted by Gasteiger charge is -2.21. The van der Waals surface area contributed by atoms with Crippen LogP contribution < -0.4 is 33.2 Å². The molecule has 1 aromatic rings. The van der Waals surface area contributed by atoms with Gasteiger partial charge >= 0.3 is 0 Å². The quantitative estimate of drug-likeness (QED) is 0.0767. The zero-order valence-corrected chi connectivity index (χ0v) is 19.8. The van der Waals surface area contributed by atoms with E-state index in [2.05, 4.69) is 20.9 Å². The molecule has 186 valence electrons. The highest BCUT2D eigenvalue weighted by Gasteiger charge is 2.25. The molecule has 0 aliphatic rings. The van der Waals surface area contributed by atoms with Crippen LogP contribution in [0.1, 0.15) is 26.7 Å². The van der Waals surface area contributed by atoms with Gasteiger partial charge < -0.3 is 33.2 Å². The van der Waals surface area contributed by atoms with Gasteiger partial charge in [-0.15, -0.1) is 24.8 Å². The predicted molar refractivity (Wildman–Crippen MR) is 129 cm³/mol. The number of benzene rings is 1. The lowest BCUT2D eigenvalue weighted by Crippen LogP contribution is -2.53. The summed E-state index contributed by atoms with van der Waals surface area (Å²) in [4.78, 5) is 50.8. The van der Waals surface area contributed by atoms with E-state index in [0.29, 0.717) is 12.1 Å². The van der Waals surface area contributed by atoms with Gasteiger partial charge in [-0.25, -0.2) is 0 Å². The average Bonchev–Trinajstić information content (AvgIpc) is 2.69. The Morgan fingerprint density at radius 1 is 1.03 bits per heavy atom. The number of carbonyl (C=O) groups excluding carboxylic acids is 3. The van der Waals surface area contributed by atoms with E-state index in [-0.39, 0.29) is 49.4 Å². The van der Waals surface area contributed by atoms with Gasteiger partial charge in [0.1, 0.15) is 12.1 Å². The molecule has 0 heterocycles. The van der Waals surface area contributed by atoms with Gasteiger partial charge in [-0.3, -0.25) is 29.5 Å². The van der Waals surface area contributed by atoms with E-state index >= 15 is 0 Å². The number of guanidine groups is 1. The second kappa shape index (κ2) is 15.6. The first-order chi connectivity index (χ1) is 14.5. The van der Waals surface area contributed by atoms with E-state index in [9.17, 15) is 24.5 Å². The van der Waals surface area contributed by atoms with Crippen molar-refractivity contribution in [2.45, 2.75) is 44.8 Å². The second-order valence-electron chi connectivity index (χ2n) is 6.82. The van der Waals surface area contributed by atoms with Gasteiger partial charge in [0.05, 0.1) is 11.0 Å². The molecule has 3 atom stereocenters. The number of hydrogen-bond acceptors (Lipinski definition) is 7. The number of carbonyl (C=O) groups is 3. The summed E-state index contributed by atoms with van der Waals surface area (Å²) < 4.78 is 0. The maximum absolute atomic E-state index is 12.7. The fraction of sp³-hybridized carbons (Fsp3) is 0.444. The van der Waals surface area contributed by atoms with E-state index in [1.54, 1.807) is 0 Å². The zero-order chi connectivity index (χ0) is 23.6. The van der Waals surface area contributed by atoms with E-state index < -0.39 is 40.8 Å². The SMILES string of the molecule is C[C@H](NC(=O)[C@@H](C)N)C(=O)N[C@@H](CCCN=C(N)N)C(=O)Nc1ccc([N+](=O)[O-])cc1.Cl.Cl. The van der Waals surface area contributed by atoms with Crippen LogP contribution in [0.3, 0.4) is 0 Å². The number of anilines is 1. The third kappa shape index (κ3) is 11.9. The lowest BCUT2D eigenvalue weighted by molar-refractivity contribution is -0.384. The van der Waals surface area contributed by atoms with Crippen LogP contribution in [-0.2, 0) is 14.4 Å². The number of nitro groups is 1. The zero-order valence-electron chi connectivity index (χ0n) is 18.1. The number of aliphatic imine (C=N–C) groups is 1. The molecule has 3 amide bonds. The number of nitrogens with zero attached hydrogens (tertiary/aromatic N) is 2. The first kappa shape index (κ1) is 32.0. The number of halogens is 2. The van der Waals surface area contributed by atoms with Crippen LogP contribution in [0.2, 0.25) is 0 Å². The van der Waals surface area contributed by atoms with Crippen molar-refractivity contribution in [1.82, 2.24) is 10.6 Å². The van der Waals surface area contributed by atoms with Crippen LogP contribution >= 0.6 is 24.8 Å². The molecule has 1 rings (SSSR count). The van der Waals surface area contributed by atoms with Crippen molar-refractivity contribution in [2.24, 2.45) is 22.2 Å². The summed E-state index contributed by atoms with van der Waals surface area (Å²) in [5, 5.41) is 18.4. The molecule has 0 radical (unpaired) electrons. The highest BCUT2D eigenvalue weighted by Crippen LogP contribution is 2.16. The molecule has 33 heavy (non-hydrogen) atoms. The molecule has 0 fully saturated rings. The van der Waals surface area contributed by atoms with Crippen molar-refractivity contribution in [3.8, 4) is 0 Å². The maximum atomic E-state index is 12.7. The van der Waals surface area contributed by atoms with Crippen molar-refractivity contribution < 1.29 is 19.3 Å². The Labute approximate surface area is 203 Å². The van der Waals surface area contributed by atoms with Gasteiger partial charge in [0, 0.05) is 24.4 Å². The monoisotopic (exact) mass is 508 g/mol. The van der Waals surface area contributed by atoms with Gasteiger partial charge in [0.2, 0.25) is 17.7 Å². The lowest BCUT2D eigenvalue weighted by atomic mass is 10.1. The van der Waals surface area contributed by atoms with Gasteiger partial charge in [-0.05, 0) is 38.8 Å². The van der Waals surface area contributed by atoms with Gasteiger partial charge in [0.25, 0.3) is 5.69 Å². The number of nitrogens with one attached hydrogen (secondary N) is 3. The highest BCUT2D eigenvalue weighted by atomic mass is 35.5. The predicted octanol–water partition coefficient (Wildman–Crippen LogP) is -0.233. The summed E-state index contributed by atoms with van der Waals surface area (Å²) >= 11 is 0. The third-order valence-electron chi connectivity index (χ3n) is 4.09. The topological polar surface area (TPSA) is 221 Å². The Bertz CT molecular complexity index is 832. The largest absolute Gasteiger partial charge is 0.370 e. The van der Waals surface area contributed by atoms with Crippen molar-refractivity contribution in [1.29, 1.82) is 0 Å². The van der Waals surface area contributed by atoms with E-state index in [1.807, 2.05) is 0 Å². The maximum Gasteiger partial charge on any atom is 0.269 e. The van der Waals surface area contributed by atoms with Crippen molar-refractivity contribution >= 4 is 59.9 Å². The smallest absolute Gasteiger partial charge is 0.269 e. The molecule has 0 saturated carbocycles. The molecular weight excluding hydrogens is 479 g/mol. The standard InChI is InChI=1S/C18H28N8O5.2ClH/c1-10(19)15(27)23-11(2)16(28)25-14(4-3-9-22-18(20)21)17(29)24-12-5-7-13(8-6-12)26(30)31;;/h5-8,10-11,14H,3-4,9,19H2,1-2H3,(H,23,27)(H,24,29)(H,25,28)(H4,20,21,22);2*1H/t10-,11+,14+;;/m1../s1. The molecule has 15 heteroatoms. The van der Waals surface area contributed by atoms with Crippen LogP contribution in [0.25, 0.3) is 0 Å². The third-order valence-corrected chi connectivity index (χ3v) is 4.09. The Hall–Kier alpha value is -3.16. The van der Waals surface area contributed by atoms with Gasteiger partial charge in [-0.1, -0.05) is 0 Å². The van der Waals surface area contributed by atoms with Crippen LogP contribution in [0.5, 0.6) is 0 Å². The molecular formula is C18H30Cl2N8O5. The van der Waals surface area contributed by atoms with Crippen molar-refractivity contribution in [3.63, 3.8) is 0 Å². The molecule has 0 spiro atoms. The molecule has 9 N–H and O–H groups in total. The normalized spacial score (nSPS) is 12.5. The Balaban J connectivity index is 0. The number of hydrogen-bond donors (Lipinski definition) is 6. The van der Waals surface area contributed by atoms with E-state index in [0.717, 1.165) is 0 Å². The van der Waals surface area contributed by atoms with E-state index in [1.165, 1.54) is 38.1 Å². The first-order valence-corrected chi connectivity index (χ1v) is 9.48. The fourth-order valence-electron chi connectivity index (χ4n) is 2.38. The molecule has 1 aromatic carbocycles. The highest BCUT2D eigenvalue weighted by molar-refractivity contribution is 5.98. The van der Waals surface area contributed by atoms with Crippen LogP contribution in [0, 0.1) is 10.1 Å². The van der Waals surface area contributed by atoms with Crippen LogP contribution in [0.15, 0.2) is 29.3 Å². The summed E-state index contributed by atoms with van der Waals surface area (Å²) in [6.45, 7) is 3.18. The molecule has 0 aromatic heterocycles. The van der Waals surface area contributed by atoms with E-state index in [4.69, 9.17) is 17.2 Å². The molecule has 0 bridgehead atoms. The average molecular weight is 509 g/mol. The number of nitro benzene ring substituents is 1. The first-order valence-electron chi connectivity index (χ1n) is 9.48. The molecule has 0 aliphatic heterocycles. The van der Waals surface area contributed by atoms with Gasteiger partial charge in [-0.2, -0.15) is 0 Å². The Morgan fingerprint density at radius 3 is 2.09 bits per heavy atom. The van der Waals surface area contributed by atoms with Crippen molar-refractivity contribution in [3.05, 3.63) is 34.4 Å². The minimum atomic E-state index is -0.966. The second-order valence-corrected chi connectivity index (χ2v) is 6.82. The Morgan fingerprint density at radius 2 is 1.61 bits per heavy atom. The Kier molecular flexibility index (Phi) is 15.1. The summed E-state index contributed by atoms with van der Waals surface area (Å²) in [7, 11) is 0. The number of nitrogens with two attached hydrogens (primary N) is 3. The molecule has 0 aliphatic carbocycles. The molecule has 0 saturated heterocycles. The summed E-state index contributed by atoms with van der Waals surface area (Å²) in [5.41, 5.74) is 16.2. The number of non-ortho nitro benzene ring substituents is 1. The number of amides is 3. The fourth-order valence-corrected chi connectivity index (χ4v) is 2.38. The molecule has 0 unspecified atom stereocenters. The van der Waals surface area contributed by atoms with Crippen LogP contribution in [0.4, 0.5) is 11.4 Å². The summed E-state index contributed by atoms with van der Waals surface area (Å²) in [6, 6.07) is 2.55. The number of rotatable bonds is 11.